The SMILES string of the molecule is Cc1cc(CNc2ccc([N+](=O)[O-])cc2S(=O)(=O)N2CCOCC2)ccc1F. The second kappa shape index (κ2) is 8.21. The molecule has 0 aromatic heterocycles. The van der Waals surface area contributed by atoms with Crippen molar-refractivity contribution in [1.82, 2.24) is 4.31 Å². The number of anilines is 1. The van der Waals surface area contributed by atoms with Gasteiger partial charge in [-0.15, -0.1) is 0 Å². The molecule has 0 unspecified atom stereocenters. The summed E-state index contributed by atoms with van der Waals surface area (Å²) >= 11 is 0. The minimum absolute atomic E-state index is 0.164. The van der Waals surface area contributed by atoms with Crippen molar-refractivity contribution in [2.45, 2.75) is 18.4 Å². The third kappa shape index (κ3) is 4.29. The van der Waals surface area contributed by atoms with Crippen LogP contribution in [0.3, 0.4) is 0 Å². The van der Waals surface area contributed by atoms with Gasteiger partial charge in [-0.3, -0.25) is 10.1 Å². The second-order valence-electron chi connectivity index (χ2n) is 6.39. The van der Waals surface area contributed by atoms with Crippen molar-refractivity contribution in [3.05, 3.63) is 63.5 Å². The molecule has 0 bridgehead atoms. The number of benzene rings is 2. The zero-order valence-electron chi connectivity index (χ0n) is 15.2. The quantitative estimate of drug-likeness (QED) is 0.581. The minimum atomic E-state index is -3.94. The van der Waals surface area contributed by atoms with E-state index in [1.807, 2.05) is 0 Å². The first-order valence-electron chi connectivity index (χ1n) is 8.64. The molecule has 0 amide bonds. The average Bonchev–Trinajstić information content (AvgIpc) is 2.69. The Morgan fingerprint density at radius 3 is 2.57 bits per heavy atom. The van der Waals surface area contributed by atoms with E-state index in [1.165, 1.54) is 22.5 Å². The van der Waals surface area contributed by atoms with Gasteiger partial charge >= 0.3 is 0 Å². The number of halogens is 1. The van der Waals surface area contributed by atoms with E-state index in [0.29, 0.717) is 5.56 Å². The molecule has 1 saturated heterocycles. The summed E-state index contributed by atoms with van der Waals surface area (Å²) in [7, 11) is -3.94. The van der Waals surface area contributed by atoms with Crippen LogP contribution in [0.1, 0.15) is 11.1 Å². The normalized spacial score (nSPS) is 15.4. The molecule has 28 heavy (non-hydrogen) atoms. The van der Waals surface area contributed by atoms with Crippen LogP contribution >= 0.6 is 0 Å². The highest BCUT2D eigenvalue weighted by atomic mass is 32.2. The van der Waals surface area contributed by atoms with E-state index in [0.717, 1.165) is 11.6 Å². The van der Waals surface area contributed by atoms with Gasteiger partial charge in [0.25, 0.3) is 5.69 Å². The van der Waals surface area contributed by atoms with E-state index >= 15 is 0 Å². The molecule has 0 atom stereocenters. The topological polar surface area (TPSA) is 102 Å². The number of ether oxygens (including phenoxy) is 1. The number of nitro benzene ring substituents is 1. The Kier molecular flexibility index (Phi) is 5.92. The Hall–Kier alpha value is -2.56. The Labute approximate surface area is 162 Å². The number of hydrogen-bond acceptors (Lipinski definition) is 6. The van der Waals surface area contributed by atoms with E-state index < -0.39 is 14.9 Å². The van der Waals surface area contributed by atoms with Gasteiger partial charge in [0.15, 0.2) is 0 Å². The molecular weight excluding hydrogens is 389 g/mol. The molecule has 1 N–H and O–H groups in total. The number of nitro groups is 1. The lowest BCUT2D eigenvalue weighted by Crippen LogP contribution is -2.40. The lowest BCUT2D eigenvalue weighted by molar-refractivity contribution is -0.385. The Morgan fingerprint density at radius 2 is 1.93 bits per heavy atom. The van der Waals surface area contributed by atoms with Gasteiger partial charge in [0, 0.05) is 31.8 Å². The molecule has 2 aromatic carbocycles. The number of nitrogens with one attached hydrogen (secondary N) is 1. The van der Waals surface area contributed by atoms with E-state index in [4.69, 9.17) is 4.74 Å². The van der Waals surface area contributed by atoms with Gasteiger partial charge in [-0.1, -0.05) is 12.1 Å². The van der Waals surface area contributed by atoms with Crippen molar-refractivity contribution in [3.8, 4) is 0 Å². The summed E-state index contributed by atoms with van der Waals surface area (Å²) in [5.41, 5.74) is 1.17. The van der Waals surface area contributed by atoms with Crippen LogP contribution in [-0.4, -0.2) is 43.9 Å². The van der Waals surface area contributed by atoms with E-state index in [2.05, 4.69) is 5.32 Å². The number of nitrogens with zero attached hydrogens (tertiary/aromatic N) is 2. The summed E-state index contributed by atoms with van der Waals surface area (Å²) in [5.74, 6) is -0.324. The molecule has 150 valence electrons. The maximum absolute atomic E-state index is 13.4. The number of non-ortho nitro benzene ring substituents is 1. The van der Waals surface area contributed by atoms with Crippen LogP contribution in [0.25, 0.3) is 0 Å². The molecule has 3 rings (SSSR count). The first-order valence-corrected chi connectivity index (χ1v) is 10.1. The van der Waals surface area contributed by atoms with Crippen molar-refractivity contribution < 1.29 is 22.5 Å². The lowest BCUT2D eigenvalue weighted by atomic mass is 10.1. The number of hydrogen-bond donors (Lipinski definition) is 1. The molecule has 10 heteroatoms. The average molecular weight is 409 g/mol. The lowest BCUT2D eigenvalue weighted by Gasteiger charge is -2.27. The van der Waals surface area contributed by atoms with Gasteiger partial charge < -0.3 is 10.1 Å². The molecule has 1 fully saturated rings. The molecule has 2 aromatic rings. The molecule has 1 heterocycles. The van der Waals surface area contributed by atoms with Crippen LogP contribution in [0.15, 0.2) is 41.3 Å². The van der Waals surface area contributed by atoms with Crippen LogP contribution in [0.2, 0.25) is 0 Å². The zero-order valence-corrected chi connectivity index (χ0v) is 16.0. The number of rotatable bonds is 6. The monoisotopic (exact) mass is 409 g/mol. The Bertz CT molecular complexity index is 991. The number of aryl methyl sites for hydroxylation is 1. The van der Waals surface area contributed by atoms with E-state index in [9.17, 15) is 22.9 Å². The van der Waals surface area contributed by atoms with Gasteiger partial charge in [-0.25, -0.2) is 12.8 Å². The molecular formula is C18H20FN3O5S. The predicted octanol–water partition coefficient (Wildman–Crippen LogP) is 2.68. The van der Waals surface area contributed by atoms with Crippen molar-refractivity contribution in [3.63, 3.8) is 0 Å². The third-order valence-electron chi connectivity index (χ3n) is 4.47. The van der Waals surface area contributed by atoms with Crippen LogP contribution in [0.4, 0.5) is 15.8 Å². The summed E-state index contributed by atoms with van der Waals surface area (Å²) < 4.78 is 46.0. The predicted molar refractivity (Wildman–Crippen MR) is 101 cm³/mol. The maximum atomic E-state index is 13.4. The van der Waals surface area contributed by atoms with Crippen LogP contribution < -0.4 is 5.32 Å². The fraction of sp³-hybridized carbons (Fsp3) is 0.333. The fourth-order valence-electron chi connectivity index (χ4n) is 2.92. The van der Waals surface area contributed by atoms with Gasteiger partial charge in [-0.05, 0) is 30.2 Å². The van der Waals surface area contributed by atoms with Crippen LogP contribution in [-0.2, 0) is 21.3 Å². The van der Waals surface area contributed by atoms with E-state index in [-0.39, 0.29) is 54.9 Å². The van der Waals surface area contributed by atoms with Crippen molar-refractivity contribution in [1.29, 1.82) is 0 Å². The van der Waals surface area contributed by atoms with Crippen molar-refractivity contribution >= 4 is 21.4 Å². The first kappa shape index (κ1) is 20.2. The van der Waals surface area contributed by atoms with Crippen LogP contribution in [0.5, 0.6) is 0 Å². The first-order chi connectivity index (χ1) is 13.3. The Morgan fingerprint density at radius 1 is 1.21 bits per heavy atom. The van der Waals surface area contributed by atoms with Gasteiger partial charge in [-0.2, -0.15) is 4.31 Å². The summed E-state index contributed by atoms with van der Waals surface area (Å²) in [6.07, 6.45) is 0. The number of morpholine rings is 1. The molecule has 1 aliphatic heterocycles. The Balaban J connectivity index is 1.93. The van der Waals surface area contributed by atoms with Crippen LogP contribution in [0, 0.1) is 22.9 Å². The van der Waals surface area contributed by atoms with Crippen molar-refractivity contribution in [2.24, 2.45) is 0 Å². The smallest absolute Gasteiger partial charge is 0.270 e. The molecule has 0 saturated carbocycles. The highest BCUT2D eigenvalue weighted by Gasteiger charge is 2.30. The minimum Gasteiger partial charge on any atom is -0.380 e. The second-order valence-corrected chi connectivity index (χ2v) is 8.30. The summed E-state index contributed by atoms with van der Waals surface area (Å²) in [4.78, 5) is 10.3. The third-order valence-corrected chi connectivity index (χ3v) is 6.41. The highest BCUT2D eigenvalue weighted by molar-refractivity contribution is 7.89. The maximum Gasteiger partial charge on any atom is 0.270 e. The highest BCUT2D eigenvalue weighted by Crippen LogP contribution is 2.30. The fourth-order valence-corrected chi connectivity index (χ4v) is 4.52. The summed E-state index contributed by atoms with van der Waals surface area (Å²) in [6.45, 7) is 2.78. The number of sulfonamides is 1. The zero-order chi connectivity index (χ0) is 20.3. The molecule has 1 aliphatic rings. The molecule has 0 radical (unpaired) electrons. The summed E-state index contributed by atoms with van der Waals surface area (Å²) in [6, 6.07) is 8.27. The van der Waals surface area contributed by atoms with Gasteiger partial charge in [0.2, 0.25) is 10.0 Å². The standard InChI is InChI=1S/C18H20FN3O5S/c1-13-10-14(2-4-16(13)19)12-20-17-5-3-15(22(23)24)11-18(17)28(25,26)21-6-8-27-9-7-21/h2-5,10-11,20H,6-9,12H2,1H3. The van der Waals surface area contributed by atoms with Gasteiger partial charge in [0.05, 0.1) is 23.8 Å². The molecule has 8 nitrogen and oxygen atoms in total. The largest absolute Gasteiger partial charge is 0.380 e. The summed E-state index contributed by atoms with van der Waals surface area (Å²) in [5, 5.41) is 14.1. The van der Waals surface area contributed by atoms with Crippen molar-refractivity contribution in [2.75, 3.05) is 31.6 Å². The molecule has 0 spiro atoms. The molecule has 0 aliphatic carbocycles. The van der Waals surface area contributed by atoms with Gasteiger partial charge in [0.1, 0.15) is 10.7 Å². The van der Waals surface area contributed by atoms with E-state index in [1.54, 1.807) is 19.1 Å².